The molecule has 0 heterocycles. The number of nitrogens with zero attached hydrogens (tertiary/aromatic N) is 1. The van der Waals surface area contributed by atoms with Crippen LogP contribution in [0.1, 0.15) is 32.6 Å². The van der Waals surface area contributed by atoms with Crippen LogP contribution < -0.4 is 9.62 Å². The fourth-order valence-corrected chi connectivity index (χ4v) is 5.90. The Morgan fingerprint density at radius 1 is 0.974 bits per heavy atom. The summed E-state index contributed by atoms with van der Waals surface area (Å²) < 4.78 is 65.6. The smallest absolute Gasteiger partial charge is 0.321 e. The largest absolute Gasteiger partial charge is 0.416 e. The van der Waals surface area contributed by atoms with E-state index in [1.807, 2.05) is 24.3 Å². The molecule has 0 saturated carbocycles. The van der Waals surface area contributed by atoms with Crippen molar-refractivity contribution in [3.05, 3.63) is 106 Å². The molecule has 4 aromatic carbocycles. The number of carbonyl (C=O) groups is 1. The van der Waals surface area contributed by atoms with Gasteiger partial charge in [0.25, 0.3) is 5.91 Å². The molecule has 5 rings (SSSR count). The van der Waals surface area contributed by atoms with Crippen molar-refractivity contribution in [1.29, 1.82) is 0 Å². The molecule has 1 N–H and O–H groups in total. The van der Waals surface area contributed by atoms with Crippen LogP contribution in [-0.4, -0.2) is 20.6 Å². The lowest BCUT2D eigenvalue weighted by Crippen LogP contribution is -2.30. The Kier molecular flexibility index (Phi) is 6.61. The highest BCUT2D eigenvalue weighted by Gasteiger charge is 2.32. The normalized spacial score (nSPS) is 13.1. The fraction of sp³-hybridized carbons (Fsp3) is 0.179. The van der Waals surface area contributed by atoms with Gasteiger partial charge in [-0.1, -0.05) is 48.0 Å². The van der Waals surface area contributed by atoms with Crippen molar-refractivity contribution in [3.8, 4) is 0 Å². The topological polar surface area (TPSA) is 66.5 Å². The number of carbonyl (C=O) groups excluding carboxylic acids is 1. The minimum absolute atomic E-state index is 0.134. The van der Waals surface area contributed by atoms with E-state index in [4.69, 9.17) is 11.6 Å². The lowest BCUT2D eigenvalue weighted by Gasteiger charge is -2.24. The number of halogens is 4. The maximum absolute atomic E-state index is 13.2. The molecule has 38 heavy (non-hydrogen) atoms. The second-order valence-corrected chi connectivity index (χ2v) is 11.5. The van der Waals surface area contributed by atoms with Crippen LogP contribution in [0.2, 0.25) is 5.02 Å². The van der Waals surface area contributed by atoms with Crippen molar-refractivity contribution in [2.24, 2.45) is 0 Å². The summed E-state index contributed by atoms with van der Waals surface area (Å²) in [6.07, 6.45) is -1.82. The van der Waals surface area contributed by atoms with E-state index in [-0.39, 0.29) is 23.2 Å². The van der Waals surface area contributed by atoms with Crippen molar-refractivity contribution in [2.45, 2.75) is 25.6 Å². The first-order valence-corrected chi connectivity index (χ1v) is 13.9. The molecule has 0 saturated heterocycles. The maximum Gasteiger partial charge on any atom is 0.416 e. The molecular weight excluding hydrogens is 537 g/mol. The van der Waals surface area contributed by atoms with Crippen molar-refractivity contribution in [3.63, 3.8) is 0 Å². The Bertz CT molecular complexity index is 1660. The Hall–Kier alpha value is -3.56. The van der Waals surface area contributed by atoms with E-state index in [9.17, 15) is 26.4 Å². The third kappa shape index (κ3) is 5.08. The highest BCUT2D eigenvalue weighted by atomic mass is 35.5. The predicted molar refractivity (Wildman–Crippen MR) is 143 cm³/mol. The van der Waals surface area contributed by atoms with Gasteiger partial charge in [-0.25, -0.2) is 8.42 Å². The molecule has 0 unspecified atom stereocenters. The minimum Gasteiger partial charge on any atom is -0.321 e. The number of aryl methyl sites for hydroxylation is 2. The highest BCUT2D eigenvalue weighted by Crippen LogP contribution is 2.37. The molecule has 1 aliphatic rings. The van der Waals surface area contributed by atoms with Crippen molar-refractivity contribution >= 4 is 49.7 Å². The molecule has 0 aliphatic heterocycles. The Balaban J connectivity index is 1.38. The number of benzene rings is 4. The third-order valence-corrected chi connectivity index (χ3v) is 8.06. The van der Waals surface area contributed by atoms with E-state index in [1.165, 1.54) is 16.5 Å². The molecule has 0 bridgehead atoms. The SMILES string of the molecule is CS(=O)(=O)N(Cc1ccc(C(=O)Nc2ccc3c4c(cccc24)CC3)cc1)c1cc(C(F)(F)F)ccc1Cl. The Morgan fingerprint density at radius 3 is 2.32 bits per heavy atom. The number of amides is 1. The standard InChI is InChI=1S/C28H22ClF3N2O3S/c1-38(36,37)34(25-15-21(28(30,31)32)12-13-23(25)29)16-17-5-7-20(8-6-17)27(35)33-24-14-11-19-10-9-18-3-2-4-22(24)26(18)19/h2-8,11-15H,9-10,16H2,1H3,(H,33,35). The van der Waals surface area contributed by atoms with E-state index < -0.39 is 21.8 Å². The van der Waals surface area contributed by atoms with E-state index in [2.05, 4.69) is 11.4 Å². The van der Waals surface area contributed by atoms with Gasteiger partial charge in [0.15, 0.2) is 0 Å². The van der Waals surface area contributed by atoms with Crippen molar-refractivity contribution in [1.82, 2.24) is 0 Å². The van der Waals surface area contributed by atoms with Crippen molar-refractivity contribution < 1.29 is 26.4 Å². The van der Waals surface area contributed by atoms with Crippen LogP contribution in [0.15, 0.2) is 72.8 Å². The summed E-state index contributed by atoms with van der Waals surface area (Å²) in [6, 6.07) is 18.7. The zero-order valence-electron chi connectivity index (χ0n) is 20.1. The van der Waals surface area contributed by atoms with Gasteiger partial charge in [0.1, 0.15) is 0 Å². The zero-order valence-corrected chi connectivity index (χ0v) is 21.7. The van der Waals surface area contributed by atoms with Gasteiger partial charge in [0.05, 0.1) is 29.1 Å². The summed E-state index contributed by atoms with van der Waals surface area (Å²) in [5, 5.41) is 4.97. The number of hydrogen-bond donors (Lipinski definition) is 1. The summed E-state index contributed by atoms with van der Waals surface area (Å²) in [6.45, 7) is -0.267. The first-order chi connectivity index (χ1) is 17.9. The second-order valence-electron chi connectivity index (χ2n) is 9.20. The quantitative estimate of drug-likeness (QED) is 0.282. The molecule has 1 amide bonds. The van der Waals surface area contributed by atoms with Gasteiger partial charge in [-0.05, 0) is 71.3 Å². The van der Waals surface area contributed by atoms with Gasteiger partial charge in [-0.3, -0.25) is 9.10 Å². The summed E-state index contributed by atoms with van der Waals surface area (Å²) in [7, 11) is -3.99. The predicted octanol–water partition coefficient (Wildman–Crippen LogP) is 6.83. The van der Waals surface area contributed by atoms with Crippen LogP contribution in [0, 0.1) is 0 Å². The highest BCUT2D eigenvalue weighted by molar-refractivity contribution is 7.92. The average Bonchev–Trinajstić information content (AvgIpc) is 3.28. The maximum atomic E-state index is 13.2. The van der Waals surface area contributed by atoms with Crippen LogP contribution in [-0.2, 0) is 35.6 Å². The first kappa shape index (κ1) is 26.1. The molecule has 0 spiro atoms. The third-order valence-electron chi connectivity index (χ3n) is 6.61. The number of rotatable bonds is 6. The molecule has 5 nitrogen and oxygen atoms in total. The van der Waals surface area contributed by atoms with Gasteiger partial charge in [-0.2, -0.15) is 13.2 Å². The molecule has 4 aromatic rings. The van der Waals surface area contributed by atoms with Crippen LogP contribution in [0.5, 0.6) is 0 Å². The molecule has 10 heteroatoms. The zero-order chi connectivity index (χ0) is 27.2. The number of anilines is 2. The minimum atomic E-state index is -4.66. The molecule has 0 fully saturated rings. The van der Waals surface area contributed by atoms with Crippen LogP contribution in [0.4, 0.5) is 24.5 Å². The Morgan fingerprint density at radius 2 is 1.66 bits per heavy atom. The number of nitrogens with one attached hydrogen (secondary N) is 1. The van der Waals surface area contributed by atoms with Gasteiger partial charge < -0.3 is 5.32 Å². The van der Waals surface area contributed by atoms with Gasteiger partial charge in [-0.15, -0.1) is 0 Å². The van der Waals surface area contributed by atoms with Crippen LogP contribution >= 0.6 is 11.6 Å². The molecular formula is C28H22ClF3N2O3S. The molecule has 196 valence electrons. The van der Waals surface area contributed by atoms with Crippen LogP contribution in [0.25, 0.3) is 10.8 Å². The van der Waals surface area contributed by atoms with E-state index in [1.54, 1.807) is 24.3 Å². The fourth-order valence-electron chi connectivity index (χ4n) is 4.74. The summed E-state index contributed by atoms with van der Waals surface area (Å²) >= 11 is 6.10. The summed E-state index contributed by atoms with van der Waals surface area (Å²) in [5.41, 5.74) is 2.73. The van der Waals surface area contributed by atoms with E-state index in [0.717, 1.165) is 40.9 Å². The van der Waals surface area contributed by atoms with Gasteiger partial charge in [0.2, 0.25) is 10.0 Å². The summed E-state index contributed by atoms with van der Waals surface area (Å²) in [5.74, 6) is -0.337. The van der Waals surface area contributed by atoms with Gasteiger partial charge in [0, 0.05) is 16.6 Å². The number of alkyl halides is 3. The molecule has 0 radical (unpaired) electrons. The lowest BCUT2D eigenvalue weighted by molar-refractivity contribution is -0.137. The van der Waals surface area contributed by atoms with E-state index in [0.29, 0.717) is 22.9 Å². The van der Waals surface area contributed by atoms with Crippen molar-refractivity contribution in [2.75, 3.05) is 15.9 Å². The van der Waals surface area contributed by atoms with E-state index >= 15 is 0 Å². The molecule has 1 aliphatic carbocycles. The monoisotopic (exact) mass is 558 g/mol. The lowest BCUT2D eigenvalue weighted by atomic mass is 10.0. The average molecular weight is 559 g/mol. The number of sulfonamides is 1. The Labute approximate surface area is 222 Å². The van der Waals surface area contributed by atoms with Crippen LogP contribution in [0.3, 0.4) is 0 Å². The second kappa shape index (κ2) is 9.63. The summed E-state index contributed by atoms with van der Waals surface area (Å²) in [4.78, 5) is 13.0. The van der Waals surface area contributed by atoms with Gasteiger partial charge >= 0.3 is 6.18 Å². The molecule has 0 aromatic heterocycles. The molecule has 0 atom stereocenters. The number of hydrogen-bond acceptors (Lipinski definition) is 3. The first-order valence-electron chi connectivity index (χ1n) is 11.7.